The maximum atomic E-state index is 2.48. The van der Waals surface area contributed by atoms with Crippen molar-refractivity contribution in [1.29, 1.82) is 0 Å². The first kappa shape index (κ1) is 7.43. The predicted molar refractivity (Wildman–Crippen MR) is 55.2 cm³/mol. The van der Waals surface area contributed by atoms with E-state index in [9.17, 15) is 0 Å². The molecule has 1 aliphatic carbocycles. The van der Waals surface area contributed by atoms with Gasteiger partial charge in [0.1, 0.15) is 0 Å². The van der Waals surface area contributed by atoms with Crippen LogP contribution in [0.5, 0.6) is 0 Å². The molecule has 1 nitrogen and oxygen atoms in total. The van der Waals surface area contributed by atoms with Gasteiger partial charge in [0.05, 0.1) is 0 Å². The van der Waals surface area contributed by atoms with E-state index in [2.05, 4.69) is 36.2 Å². The van der Waals surface area contributed by atoms with Crippen LogP contribution in [0.2, 0.25) is 0 Å². The number of hydrogen-bond donors (Lipinski definition) is 0. The molecule has 0 aromatic heterocycles. The zero-order chi connectivity index (χ0) is 8.84. The molecule has 0 spiro atoms. The number of anilines is 1. The molecule has 68 valence electrons. The molecule has 3 rings (SSSR count). The van der Waals surface area contributed by atoms with Gasteiger partial charge in [-0.15, -0.1) is 0 Å². The minimum Gasteiger partial charge on any atom is -0.371 e. The topological polar surface area (TPSA) is 3.24 Å². The highest BCUT2D eigenvalue weighted by molar-refractivity contribution is 5.61. The average Bonchev–Trinajstić information content (AvgIpc) is 2.72. The molecular formula is C12H15N. The van der Waals surface area contributed by atoms with Crippen molar-refractivity contribution in [3.63, 3.8) is 0 Å². The molecule has 0 N–H and O–H groups in total. The molecule has 1 heterocycles. The lowest BCUT2D eigenvalue weighted by molar-refractivity contribution is 0.625. The average molecular weight is 173 g/mol. The van der Waals surface area contributed by atoms with E-state index in [1.165, 1.54) is 24.9 Å². The summed E-state index contributed by atoms with van der Waals surface area (Å²) in [6.07, 6.45) is 4.19. The highest BCUT2D eigenvalue weighted by Crippen LogP contribution is 2.47. The van der Waals surface area contributed by atoms with E-state index in [4.69, 9.17) is 0 Å². The maximum Gasteiger partial charge on any atom is 0.0402 e. The smallest absolute Gasteiger partial charge is 0.0402 e. The minimum absolute atomic E-state index is 0.803. The number of fused-ring (bicyclic) bond motifs is 3. The van der Waals surface area contributed by atoms with Gasteiger partial charge in [-0.2, -0.15) is 0 Å². The highest BCUT2D eigenvalue weighted by Gasteiger charge is 2.38. The normalized spacial score (nSPS) is 30.4. The first-order chi connectivity index (χ1) is 6.38. The molecule has 1 aromatic rings. The van der Waals surface area contributed by atoms with Crippen molar-refractivity contribution in [2.24, 2.45) is 0 Å². The van der Waals surface area contributed by atoms with Crippen LogP contribution in [0.25, 0.3) is 0 Å². The van der Waals surface area contributed by atoms with Gasteiger partial charge in [-0.05, 0) is 24.5 Å². The molecule has 2 aliphatic rings. The van der Waals surface area contributed by atoms with Crippen LogP contribution < -0.4 is 4.90 Å². The molecule has 1 saturated carbocycles. The molecular weight excluding hydrogens is 158 g/mol. The quantitative estimate of drug-likeness (QED) is 0.583. The zero-order valence-corrected chi connectivity index (χ0v) is 8.03. The van der Waals surface area contributed by atoms with Crippen molar-refractivity contribution in [2.45, 2.75) is 31.2 Å². The first-order valence-electron chi connectivity index (χ1n) is 5.19. The summed E-state index contributed by atoms with van der Waals surface area (Å²) in [7, 11) is 2.24. The van der Waals surface area contributed by atoms with E-state index in [1.807, 2.05) is 0 Å². The Morgan fingerprint density at radius 2 is 2.08 bits per heavy atom. The van der Waals surface area contributed by atoms with Gasteiger partial charge in [0.15, 0.2) is 0 Å². The first-order valence-corrected chi connectivity index (χ1v) is 5.19. The van der Waals surface area contributed by atoms with E-state index in [-0.39, 0.29) is 0 Å². The van der Waals surface area contributed by atoms with Gasteiger partial charge in [-0.1, -0.05) is 24.6 Å². The summed E-state index contributed by atoms with van der Waals surface area (Å²) in [6.45, 7) is 0. The van der Waals surface area contributed by atoms with E-state index < -0.39 is 0 Å². The van der Waals surface area contributed by atoms with Crippen LogP contribution in [0, 0.1) is 0 Å². The monoisotopic (exact) mass is 173 g/mol. The Labute approximate surface area is 79.4 Å². The largest absolute Gasteiger partial charge is 0.371 e. The van der Waals surface area contributed by atoms with Crippen LogP contribution in [-0.2, 0) is 0 Å². The fourth-order valence-electron chi connectivity index (χ4n) is 3.07. The van der Waals surface area contributed by atoms with Crippen molar-refractivity contribution in [3.8, 4) is 0 Å². The van der Waals surface area contributed by atoms with Crippen molar-refractivity contribution in [2.75, 3.05) is 11.9 Å². The number of nitrogens with zero attached hydrogens (tertiary/aromatic N) is 1. The van der Waals surface area contributed by atoms with Crippen LogP contribution in [0.15, 0.2) is 24.3 Å². The fourth-order valence-corrected chi connectivity index (χ4v) is 3.07. The summed E-state index contributed by atoms with van der Waals surface area (Å²) in [4.78, 5) is 2.48. The Kier molecular flexibility index (Phi) is 1.43. The second kappa shape index (κ2) is 2.50. The SMILES string of the molecule is CN1c2ccccc2[C@@H]2CCC[C@@H]21. The van der Waals surface area contributed by atoms with Gasteiger partial charge in [-0.25, -0.2) is 0 Å². The number of para-hydroxylation sites is 1. The summed E-state index contributed by atoms with van der Waals surface area (Å²) in [6, 6.07) is 9.69. The van der Waals surface area contributed by atoms with Crippen LogP contribution in [-0.4, -0.2) is 13.1 Å². The van der Waals surface area contributed by atoms with Gasteiger partial charge in [0, 0.05) is 24.7 Å². The Hall–Kier alpha value is -0.980. The molecule has 0 saturated heterocycles. The summed E-state index contributed by atoms with van der Waals surface area (Å²) < 4.78 is 0. The van der Waals surface area contributed by atoms with Gasteiger partial charge < -0.3 is 4.90 Å². The van der Waals surface area contributed by atoms with Gasteiger partial charge in [0.25, 0.3) is 0 Å². The van der Waals surface area contributed by atoms with Crippen LogP contribution >= 0.6 is 0 Å². The number of rotatable bonds is 0. The van der Waals surface area contributed by atoms with E-state index in [0.717, 1.165) is 12.0 Å². The molecule has 1 aliphatic heterocycles. The Balaban J connectivity index is 2.13. The van der Waals surface area contributed by atoms with Crippen LogP contribution in [0.1, 0.15) is 30.7 Å². The van der Waals surface area contributed by atoms with Crippen molar-refractivity contribution in [1.82, 2.24) is 0 Å². The molecule has 0 bridgehead atoms. The van der Waals surface area contributed by atoms with Crippen molar-refractivity contribution in [3.05, 3.63) is 29.8 Å². The third-order valence-electron chi connectivity index (χ3n) is 3.69. The lowest BCUT2D eigenvalue weighted by Crippen LogP contribution is -2.26. The maximum absolute atomic E-state index is 2.48. The van der Waals surface area contributed by atoms with Crippen LogP contribution in [0.3, 0.4) is 0 Å². The third kappa shape index (κ3) is 0.874. The molecule has 13 heavy (non-hydrogen) atoms. The summed E-state index contributed by atoms with van der Waals surface area (Å²) >= 11 is 0. The number of hydrogen-bond acceptors (Lipinski definition) is 1. The molecule has 2 atom stereocenters. The Morgan fingerprint density at radius 1 is 1.23 bits per heavy atom. The fraction of sp³-hybridized carbons (Fsp3) is 0.500. The minimum atomic E-state index is 0.803. The lowest BCUT2D eigenvalue weighted by atomic mass is 9.98. The molecule has 1 aromatic carbocycles. The third-order valence-corrected chi connectivity index (χ3v) is 3.69. The Bertz CT molecular complexity index is 332. The summed E-state index contributed by atoms with van der Waals surface area (Å²) in [5.41, 5.74) is 3.06. The van der Waals surface area contributed by atoms with E-state index >= 15 is 0 Å². The Morgan fingerprint density at radius 3 is 3.00 bits per heavy atom. The number of benzene rings is 1. The molecule has 0 unspecified atom stereocenters. The summed E-state index contributed by atoms with van der Waals surface area (Å²) in [5, 5.41) is 0. The predicted octanol–water partition coefficient (Wildman–Crippen LogP) is 2.77. The molecule has 1 fully saturated rings. The highest BCUT2D eigenvalue weighted by atomic mass is 15.2. The van der Waals surface area contributed by atoms with Gasteiger partial charge >= 0.3 is 0 Å². The van der Waals surface area contributed by atoms with E-state index in [1.54, 1.807) is 5.56 Å². The van der Waals surface area contributed by atoms with E-state index in [0.29, 0.717) is 0 Å². The van der Waals surface area contributed by atoms with Gasteiger partial charge in [-0.3, -0.25) is 0 Å². The lowest BCUT2D eigenvalue weighted by Gasteiger charge is -2.21. The molecule has 0 amide bonds. The van der Waals surface area contributed by atoms with Crippen molar-refractivity contribution >= 4 is 5.69 Å². The molecule has 1 heteroatoms. The van der Waals surface area contributed by atoms with Gasteiger partial charge in [0.2, 0.25) is 0 Å². The zero-order valence-electron chi connectivity index (χ0n) is 8.03. The second-order valence-electron chi connectivity index (χ2n) is 4.27. The summed E-state index contributed by atoms with van der Waals surface area (Å²) in [5.74, 6) is 0.834. The van der Waals surface area contributed by atoms with Crippen LogP contribution in [0.4, 0.5) is 5.69 Å². The number of likely N-dealkylation sites (N-methyl/N-ethyl adjacent to an activating group) is 1. The van der Waals surface area contributed by atoms with Crippen molar-refractivity contribution < 1.29 is 0 Å². The second-order valence-corrected chi connectivity index (χ2v) is 4.27. The standard InChI is InChI=1S/C12H15N/c1-13-11-7-3-2-5-9(11)10-6-4-8-12(10)13/h2-3,5,7,10,12H,4,6,8H2,1H3/t10-,12-/m0/s1. The molecule has 0 radical (unpaired) electrons.